The van der Waals surface area contributed by atoms with Crippen molar-refractivity contribution in [3.05, 3.63) is 29.3 Å². The van der Waals surface area contributed by atoms with Crippen molar-refractivity contribution in [2.24, 2.45) is 0 Å². The third-order valence-corrected chi connectivity index (χ3v) is 3.80. The van der Waals surface area contributed by atoms with Crippen molar-refractivity contribution >= 4 is 16.0 Å². The molecule has 1 aromatic carbocycles. The molecule has 0 saturated carbocycles. The number of halogens is 2. The molecule has 0 unspecified atom stereocenters. The van der Waals surface area contributed by atoms with Crippen LogP contribution in [0.25, 0.3) is 0 Å². The van der Waals surface area contributed by atoms with Gasteiger partial charge in [0.25, 0.3) is 0 Å². The van der Waals surface area contributed by atoms with Crippen LogP contribution in [-0.4, -0.2) is 37.2 Å². The van der Waals surface area contributed by atoms with Gasteiger partial charge in [-0.2, -0.15) is 0 Å². The topological polar surface area (TPSA) is 104 Å². The first-order chi connectivity index (χ1) is 8.70. The van der Waals surface area contributed by atoms with Gasteiger partial charge in [-0.1, -0.05) is 0 Å². The van der Waals surface area contributed by atoms with E-state index in [0.717, 1.165) is 0 Å². The lowest BCUT2D eigenvalue weighted by Gasteiger charge is -2.13. The van der Waals surface area contributed by atoms with Gasteiger partial charge < -0.3 is 10.2 Å². The molecule has 0 aliphatic carbocycles. The lowest BCUT2D eigenvalue weighted by atomic mass is 10.2. The quantitative estimate of drug-likeness (QED) is 0.726. The fourth-order valence-corrected chi connectivity index (χ4v) is 2.62. The summed E-state index contributed by atoms with van der Waals surface area (Å²) in [6.07, 6.45) is 0. The smallest absolute Gasteiger partial charge is 0.341 e. The van der Waals surface area contributed by atoms with E-state index in [0.29, 0.717) is 12.1 Å². The van der Waals surface area contributed by atoms with Crippen LogP contribution in [0.15, 0.2) is 17.0 Å². The number of rotatable bonds is 5. The molecule has 0 saturated heterocycles. The molecule has 1 rings (SSSR count). The molecule has 0 radical (unpaired) electrons. The second kappa shape index (κ2) is 5.59. The van der Waals surface area contributed by atoms with E-state index in [-0.39, 0.29) is 0 Å². The Hall–Kier alpha value is -1.58. The van der Waals surface area contributed by atoms with Gasteiger partial charge in [-0.25, -0.2) is 26.7 Å². The number of hydrogen-bond acceptors (Lipinski definition) is 4. The predicted octanol–water partition coefficient (Wildman–Crippen LogP) is 0.322. The number of nitrogens with one attached hydrogen (secondary N) is 1. The summed E-state index contributed by atoms with van der Waals surface area (Å²) in [7, 11) is -4.39. The number of carboxylic acids is 1. The van der Waals surface area contributed by atoms with Gasteiger partial charge in [0.05, 0.1) is 6.61 Å². The maximum absolute atomic E-state index is 13.7. The molecule has 1 aromatic rings. The zero-order valence-corrected chi connectivity index (χ0v) is 10.5. The van der Waals surface area contributed by atoms with E-state index in [2.05, 4.69) is 0 Å². The van der Waals surface area contributed by atoms with E-state index in [1.165, 1.54) is 6.92 Å². The highest BCUT2D eigenvalue weighted by atomic mass is 32.2. The first-order valence-corrected chi connectivity index (χ1v) is 6.53. The van der Waals surface area contributed by atoms with Crippen molar-refractivity contribution < 1.29 is 32.2 Å². The number of carboxylic acid groups (broad SMARTS) is 1. The van der Waals surface area contributed by atoms with E-state index >= 15 is 0 Å². The highest BCUT2D eigenvalue weighted by molar-refractivity contribution is 7.89. The first kappa shape index (κ1) is 15.5. The van der Waals surface area contributed by atoms with Gasteiger partial charge in [0.2, 0.25) is 10.0 Å². The molecule has 1 atom stereocenters. The SMILES string of the molecule is C[C@H](CO)NS(=O)(=O)c1ccc(F)c(C(=O)O)c1F. The summed E-state index contributed by atoms with van der Waals surface area (Å²) >= 11 is 0. The minimum Gasteiger partial charge on any atom is -0.477 e. The van der Waals surface area contributed by atoms with Crippen molar-refractivity contribution in [1.82, 2.24) is 4.72 Å². The van der Waals surface area contributed by atoms with Crippen LogP contribution in [0.1, 0.15) is 17.3 Å². The highest BCUT2D eigenvalue weighted by Crippen LogP contribution is 2.21. The zero-order chi connectivity index (χ0) is 14.8. The first-order valence-electron chi connectivity index (χ1n) is 5.05. The van der Waals surface area contributed by atoms with E-state index in [4.69, 9.17) is 10.2 Å². The van der Waals surface area contributed by atoms with Crippen molar-refractivity contribution in [2.75, 3.05) is 6.61 Å². The molecule has 6 nitrogen and oxygen atoms in total. The summed E-state index contributed by atoms with van der Waals surface area (Å²) in [6.45, 7) is 0.783. The van der Waals surface area contributed by atoms with Crippen LogP contribution in [0.3, 0.4) is 0 Å². The lowest BCUT2D eigenvalue weighted by Crippen LogP contribution is -2.35. The monoisotopic (exact) mass is 295 g/mol. The van der Waals surface area contributed by atoms with Crippen LogP contribution in [0.2, 0.25) is 0 Å². The highest BCUT2D eigenvalue weighted by Gasteiger charge is 2.27. The molecule has 0 heterocycles. The summed E-state index contributed by atoms with van der Waals surface area (Å²) in [5, 5.41) is 17.4. The Kier molecular flexibility index (Phi) is 4.56. The van der Waals surface area contributed by atoms with Crippen molar-refractivity contribution in [1.29, 1.82) is 0 Å². The Morgan fingerprint density at radius 3 is 2.47 bits per heavy atom. The number of sulfonamides is 1. The van der Waals surface area contributed by atoms with Crippen LogP contribution in [-0.2, 0) is 10.0 Å². The average molecular weight is 295 g/mol. The van der Waals surface area contributed by atoms with E-state index < -0.39 is 50.7 Å². The van der Waals surface area contributed by atoms with Crippen LogP contribution in [0.4, 0.5) is 8.78 Å². The Morgan fingerprint density at radius 2 is 2.00 bits per heavy atom. The summed E-state index contributed by atoms with van der Waals surface area (Å²) in [5.41, 5.74) is -1.35. The molecule has 0 aliphatic heterocycles. The molecule has 106 valence electrons. The van der Waals surface area contributed by atoms with Crippen LogP contribution < -0.4 is 4.72 Å². The number of aliphatic hydroxyl groups excluding tert-OH is 1. The zero-order valence-electron chi connectivity index (χ0n) is 9.72. The second-order valence-electron chi connectivity index (χ2n) is 3.74. The number of benzene rings is 1. The Labute approximate surface area is 107 Å². The molecular formula is C10H11F2NO5S. The van der Waals surface area contributed by atoms with Crippen molar-refractivity contribution in [3.8, 4) is 0 Å². The lowest BCUT2D eigenvalue weighted by molar-refractivity contribution is 0.0685. The Bertz CT molecular complexity index is 602. The van der Waals surface area contributed by atoms with E-state index in [1.807, 2.05) is 4.72 Å². The van der Waals surface area contributed by atoms with E-state index in [9.17, 15) is 22.0 Å². The average Bonchev–Trinajstić information content (AvgIpc) is 2.27. The summed E-state index contributed by atoms with van der Waals surface area (Å²) in [6, 6.07) is 0.261. The number of carbonyl (C=O) groups is 1. The van der Waals surface area contributed by atoms with Gasteiger partial charge in [-0.3, -0.25) is 0 Å². The number of aromatic carboxylic acids is 1. The molecule has 0 aliphatic rings. The summed E-state index contributed by atoms with van der Waals surface area (Å²) in [5.74, 6) is -4.98. The van der Waals surface area contributed by atoms with Gasteiger partial charge in [-0.05, 0) is 19.1 Å². The Morgan fingerprint density at radius 1 is 1.42 bits per heavy atom. The minimum absolute atomic E-state index is 0.534. The molecule has 0 bridgehead atoms. The third-order valence-electron chi connectivity index (χ3n) is 2.19. The van der Waals surface area contributed by atoms with Crippen molar-refractivity contribution in [2.45, 2.75) is 17.9 Å². The number of hydrogen-bond donors (Lipinski definition) is 3. The summed E-state index contributed by atoms with van der Waals surface area (Å²) < 4.78 is 52.2. The van der Waals surface area contributed by atoms with Gasteiger partial charge in [-0.15, -0.1) is 0 Å². The molecule has 9 heteroatoms. The number of aliphatic hydroxyl groups is 1. The van der Waals surface area contributed by atoms with Crippen molar-refractivity contribution in [3.63, 3.8) is 0 Å². The molecule has 0 spiro atoms. The fourth-order valence-electron chi connectivity index (χ4n) is 1.30. The van der Waals surface area contributed by atoms with Gasteiger partial charge in [0, 0.05) is 6.04 Å². The fraction of sp³-hybridized carbons (Fsp3) is 0.300. The van der Waals surface area contributed by atoms with Crippen LogP contribution in [0.5, 0.6) is 0 Å². The molecular weight excluding hydrogens is 284 g/mol. The van der Waals surface area contributed by atoms with Crippen LogP contribution in [0, 0.1) is 11.6 Å². The van der Waals surface area contributed by atoms with Gasteiger partial charge >= 0.3 is 5.97 Å². The van der Waals surface area contributed by atoms with Gasteiger partial charge in [0.15, 0.2) is 5.82 Å². The maximum Gasteiger partial charge on any atom is 0.341 e. The van der Waals surface area contributed by atoms with E-state index in [1.54, 1.807) is 0 Å². The molecule has 0 fully saturated rings. The van der Waals surface area contributed by atoms with Gasteiger partial charge in [0.1, 0.15) is 16.3 Å². The largest absolute Gasteiger partial charge is 0.477 e. The Balaban J connectivity index is 3.37. The molecule has 3 N–H and O–H groups in total. The predicted molar refractivity (Wildman–Crippen MR) is 60.2 cm³/mol. The minimum atomic E-state index is -4.39. The normalized spacial score (nSPS) is 13.3. The molecule has 0 amide bonds. The second-order valence-corrected chi connectivity index (χ2v) is 5.43. The maximum atomic E-state index is 13.7. The molecule has 19 heavy (non-hydrogen) atoms. The van der Waals surface area contributed by atoms with Crippen LogP contribution >= 0.6 is 0 Å². The third kappa shape index (κ3) is 3.25. The standard InChI is InChI=1S/C10H11F2NO5S/c1-5(4-14)13-19(17,18)7-3-2-6(11)8(9(7)12)10(15)16/h2-3,5,13-14H,4H2,1H3,(H,15,16)/t5-/m1/s1. The summed E-state index contributed by atoms with van der Waals surface area (Å²) in [4.78, 5) is 9.67. The molecule has 0 aromatic heterocycles.